The fourth-order valence-electron chi connectivity index (χ4n) is 3.56. The zero-order chi connectivity index (χ0) is 18.9. The lowest BCUT2D eigenvalue weighted by Crippen LogP contribution is -2.50. The Morgan fingerprint density at radius 1 is 1.12 bits per heavy atom. The van der Waals surface area contributed by atoms with Gasteiger partial charge in [-0.25, -0.2) is 0 Å². The van der Waals surface area contributed by atoms with E-state index in [9.17, 15) is 13.2 Å². The van der Waals surface area contributed by atoms with Crippen LogP contribution in [0.2, 0.25) is 0 Å². The number of hydrogen-bond acceptors (Lipinski definition) is 4. The second-order valence-corrected chi connectivity index (χ2v) is 10.0. The van der Waals surface area contributed by atoms with E-state index in [0.29, 0.717) is 32.5 Å². The molecule has 0 aliphatic carbocycles. The van der Waals surface area contributed by atoms with Gasteiger partial charge in [0.2, 0.25) is 0 Å². The summed E-state index contributed by atoms with van der Waals surface area (Å²) < 4.78 is 34.7. The number of benzene rings is 1. The minimum atomic E-state index is -3.58. The summed E-state index contributed by atoms with van der Waals surface area (Å²) in [6.07, 6.45) is 2.07. The van der Waals surface area contributed by atoms with Crippen molar-refractivity contribution in [3.05, 3.63) is 35.4 Å². The van der Waals surface area contributed by atoms with Crippen LogP contribution in [0.1, 0.15) is 44.7 Å². The van der Waals surface area contributed by atoms with Crippen LogP contribution in [0.4, 0.5) is 0 Å². The van der Waals surface area contributed by atoms with Gasteiger partial charge in [-0.2, -0.15) is 17.0 Å². The smallest absolute Gasteiger partial charge is 0.310 e. The molecule has 0 spiro atoms. The van der Waals surface area contributed by atoms with Crippen molar-refractivity contribution in [1.82, 2.24) is 8.61 Å². The summed E-state index contributed by atoms with van der Waals surface area (Å²) in [5.41, 5.74) is 1.71. The zero-order valence-corrected chi connectivity index (χ0v) is 16.6. The van der Waals surface area contributed by atoms with E-state index >= 15 is 0 Å². The van der Waals surface area contributed by atoms with Gasteiger partial charge in [-0.15, -0.1) is 0 Å². The van der Waals surface area contributed by atoms with Crippen LogP contribution >= 0.6 is 0 Å². The minimum Gasteiger partial charge on any atom is -0.460 e. The molecule has 2 aliphatic heterocycles. The normalized spacial score (nSPS) is 22.7. The molecule has 1 saturated heterocycles. The highest BCUT2D eigenvalue weighted by atomic mass is 32.2. The Bertz CT molecular complexity index is 770. The lowest BCUT2D eigenvalue weighted by atomic mass is 9.99. The SMILES string of the molecule is CC(C)(C)OC(=O)C1CCCN(S(=O)(=O)N2CCc3ccccc3C2)C1. The third kappa shape index (κ3) is 4.27. The molecule has 0 amide bonds. The number of nitrogens with zero attached hydrogens (tertiary/aromatic N) is 2. The summed E-state index contributed by atoms with van der Waals surface area (Å²) in [6.45, 7) is 7.02. The van der Waals surface area contributed by atoms with Crippen molar-refractivity contribution >= 4 is 16.2 Å². The molecule has 2 aliphatic rings. The summed E-state index contributed by atoms with van der Waals surface area (Å²) in [6, 6.07) is 7.96. The van der Waals surface area contributed by atoms with Crippen molar-refractivity contribution in [3.63, 3.8) is 0 Å². The Kier molecular flexibility index (Phi) is 5.42. The molecule has 7 heteroatoms. The Hall–Kier alpha value is -1.44. The first-order valence-electron chi connectivity index (χ1n) is 9.22. The van der Waals surface area contributed by atoms with E-state index in [1.54, 1.807) is 0 Å². The summed E-state index contributed by atoms with van der Waals surface area (Å²) in [5, 5.41) is 0. The molecular weight excluding hydrogens is 352 g/mol. The highest BCUT2D eigenvalue weighted by Crippen LogP contribution is 2.27. The molecule has 1 fully saturated rings. The fourth-order valence-corrected chi connectivity index (χ4v) is 5.24. The number of carbonyl (C=O) groups is 1. The molecule has 0 bridgehead atoms. The third-order valence-corrected chi connectivity index (χ3v) is 6.82. The summed E-state index contributed by atoms with van der Waals surface area (Å²) in [7, 11) is -3.58. The maximum Gasteiger partial charge on any atom is 0.310 e. The summed E-state index contributed by atoms with van der Waals surface area (Å²) >= 11 is 0. The van der Waals surface area contributed by atoms with Gasteiger partial charge < -0.3 is 4.74 Å². The van der Waals surface area contributed by atoms with Crippen molar-refractivity contribution in [2.45, 2.75) is 52.2 Å². The van der Waals surface area contributed by atoms with Gasteiger partial charge in [0.05, 0.1) is 5.92 Å². The Morgan fingerprint density at radius 2 is 1.81 bits per heavy atom. The van der Waals surface area contributed by atoms with E-state index in [1.807, 2.05) is 39.0 Å². The topological polar surface area (TPSA) is 66.9 Å². The first-order valence-corrected chi connectivity index (χ1v) is 10.6. The Labute approximate surface area is 156 Å². The van der Waals surface area contributed by atoms with E-state index < -0.39 is 21.7 Å². The predicted molar refractivity (Wildman–Crippen MR) is 99.6 cm³/mol. The molecule has 2 heterocycles. The minimum absolute atomic E-state index is 0.204. The standard InChI is InChI=1S/C19H28N2O4S/c1-19(2,3)25-18(22)17-9-6-11-20(14-17)26(23,24)21-12-10-15-7-4-5-8-16(15)13-21/h4-5,7-8,17H,6,9-14H2,1-3H3. The number of rotatable bonds is 3. The summed E-state index contributed by atoms with van der Waals surface area (Å²) in [4.78, 5) is 12.4. The highest BCUT2D eigenvalue weighted by molar-refractivity contribution is 7.86. The molecule has 1 aromatic carbocycles. The number of fused-ring (bicyclic) bond motifs is 1. The molecule has 0 N–H and O–H groups in total. The van der Waals surface area contributed by atoms with E-state index in [4.69, 9.17) is 4.74 Å². The number of ether oxygens (including phenoxy) is 1. The van der Waals surface area contributed by atoms with Crippen molar-refractivity contribution in [1.29, 1.82) is 0 Å². The largest absolute Gasteiger partial charge is 0.460 e. The zero-order valence-electron chi connectivity index (χ0n) is 15.8. The van der Waals surface area contributed by atoms with Crippen molar-refractivity contribution in [2.75, 3.05) is 19.6 Å². The Morgan fingerprint density at radius 3 is 2.50 bits per heavy atom. The quantitative estimate of drug-likeness (QED) is 0.755. The van der Waals surface area contributed by atoms with Crippen molar-refractivity contribution < 1.29 is 17.9 Å². The lowest BCUT2D eigenvalue weighted by molar-refractivity contribution is -0.161. The van der Waals surface area contributed by atoms with E-state index in [-0.39, 0.29) is 12.5 Å². The first-order chi connectivity index (χ1) is 12.2. The molecule has 0 aromatic heterocycles. The Balaban J connectivity index is 1.70. The first kappa shape index (κ1) is 19.3. The van der Waals surface area contributed by atoms with Gasteiger partial charge in [-0.1, -0.05) is 24.3 Å². The van der Waals surface area contributed by atoms with Gasteiger partial charge in [0.1, 0.15) is 5.60 Å². The van der Waals surface area contributed by atoms with E-state index in [0.717, 1.165) is 12.0 Å². The van der Waals surface area contributed by atoms with Gasteiger partial charge in [-0.3, -0.25) is 4.79 Å². The van der Waals surface area contributed by atoms with Gasteiger partial charge in [-0.05, 0) is 51.2 Å². The lowest BCUT2D eigenvalue weighted by Gasteiger charge is -2.37. The number of piperidine rings is 1. The maximum absolute atomic E-state index is 13.1. The van der Waals surface area contributed by atoms with Crippen LogP contribution in [0.25, 0.3) is 0 Å². The third-order valence-electron chi connectivity index (χ3n) is 4.87. The van der Waals surface area contributed by atoms with Crippen LogP contribution in [0, 0.1) is 5.92 Å². The second kappa shape index (κ2) is 7.29. The molecule has 6 nitrogen and oxygen atoms in total. The number of esters is 1. The molecule has 3 rings (SSSR count). The molecule has 0 saturated carbocycles. The van der Waals surface area contributed by atoms with Crippen LogP contribution < -0.4 is 0 Å². The van der Waals surface area contributed by atoms with Gasteiger partial charge in [0.25, 0.3) is 10.2 Å². The molecule has 26 heavy (non-hydrogen) atoms. The molecule has 144 valence electrons. The maximum atomic E-state index is 13.1. The molecule has 1 unspecified atom stereocenters. The average Bonchev–Trinajstić information content (AvgIpc) is 2.60. The predicted octanol–water partition coefficient (Wildman–Crippen LogP) is 2.34. The van der Waals surface area contributed by atoms with Crippen molar-refractivity contribution in [2.24, 2.45) is 5.92 Å². The second-order valence-electron chi connectivity index (χ2n) is 8.09. The van der Waals surface area contributed by atoms with Crippen LogP contribution in [0.3, 0.4) is 0 Å². The summed E-state index contributed by atoms with van der Waals surface area (Å²) in [5.74, 6) is -0.698. The van der Waals surface area contributed by atoms with E-state index in [2.05, 4.69) is 6.07 Å². The van der Waals surface area contributed by atoms with Crippen LogP contribution in [-0.4, -0.2) is 48.2 Å². The van der Waals surface area contributed by atoms with E-state index in [1.165, 1.54) is 14.2 Å². The monoisotopic (exact) mass is 380 g/mol. The van der Waals surface area contributed by atoms with Crippen LogP contribution in [0.15, 0.2) is 24.3 Å². The molecule has 1 atom stereocenters. The van der Waals surface area contributed by atoms with Gasteiger partial charge >= 0.3 is 5.97 Å². The molecule has 1 aromatic rings. The molecule has 0 radical (unpaired) electrons. The average molecular weight is 381 g/mol. The van der Waals surface area contributed by atoms with Crippen LogP contribution in [0.5, 0.6) is 0 Å². The molecular formula is C19H28N2O4S. The fraction of sp³-hybridized carbons (Fsp3) is 0.632. The highest BCUT2D eigenvalue weighted by Gasteiger charge is 2.38. The number of carbonyl (C=O) groups excluding carboxylic acids is 1. The van der Waals surface area contributed by atoms with Crippen LogP contribution in [-0.2, 0) is 32.7 Å². The van der Waals surface area contributed by atoms with Crippen molar-refractivity contribution in [3.8, 4) is 0 Å². The van der Waals surface area contributed by atoms with Gasteiger partial charge in [0.15, 0.2) is 0 Å². The number of hydrogen-bond donors (Lipinski definition) is 0. The van der Waals surface area contributed by atoms with Gasteiger partial charge in [0, 0.05) is 26.2 Å².